The molecule has 0 spiro atoms. The quantitative estimate of drug-likeness (QED) is 0.848. The van der Waals surface area contributed by atoms with Crippen LogP contribution in [-0.4, -0.2) is 29.4 Å². The van der Waals surface area contributed by atoms with Crippen LogP contribution < -0.4 is 5.73 Å². The molecule has 3 nitrogen and oxygen atoms in total. The SMILES string of the molecule is C.C.NC(=O)CC1CCCCN1C1CCCCCCC1. The van der Waals surface area contributed by atoms with Gasteiger partial charge in [-0.1, -0.05) is 53.4 Å². The fourth-order valence-corrected chi connectivity index (χ4v) is 3.72. The number of hydrogen-bond acceptors (Lipinski definition) is 2. The Morgan fingerprint density at radius 3 is 2.05 bits per heavy atom. The molecule has 1 saturated carbocycles. The van der Waals surface area contributed by atoms with Gasteiger partial charge in [-0.15, -0.1) is 0 Å². The van der Waals surface area contributed by atoms with Crippen LogP contribution in [0.25, 0.3) is 0 Å². The molecular weight excluding hydrogens is 248 g/mol. The number of likely N-dealkylation sites (tertiary alicyclic amines) is 1. The second-order valence-corrected chi connectivity index (χ2v) is 6.06. The van der Waals surface area contributed by atoms with E-state index in [1.807, 2.05) is 0 Å². The predicted molar refractivity (Wildman–Crippen MR) is 87.7 cm³/mol. The molecule has 0 aromatic carbocycles. The van der Waals surface area contributed by atoms with Crippen molar-refractivity contribution in [2.45, 2.75) is 97.6 Å². The first kappa shape index (κ1) is 19.4. The van der Waals surface area contributed by atoms with Gasteiger partial charge in [0.1, 0.15) is 0 Å². The molecule has 120 valence electrons. The lowest BCUT2D eigenvalue weighted by Gasteiger charge is -2.41. The van der Waals surface area contributed by atoms with Crippen molar-refractivity contribution in [2.75, 3.05) is 6.54 Å². The zero-order chi connectivity index (χ0) is 12.8. The first-order chi connectivity index (χ1) is 8.77. The smallest absolute Gasteiger partial charge is 0.218 e. The number of carbonyl (C=O) groups is 1. The number of nitrogens with zero attached hydrogens (tertiary/aromatic N) is 1. The van der Waals surface area contributed by atoms with E-state index in [-0.39, 0.29) is 20.8 Å². The van der Waals surface area contributed by atoms with Gasteiger partial charge in [-0.2, -0.15) is 0 Å². The monoisotopic (exact) mass is 284 g/mol. The van der Waals surface area contributed by atoms with Gasteiger partial charge in [-0.25, -0.2) is 0 Å². The third-order valence-corrected chi connectivity index (χ3v) is 4.65. The molecule has 2 N–H and O–H groups in total. The molecule has 0 bridgehead atoms. The van der Waals surface area contributed by atoms with Crippen LogP contribution in [0, 0.1) is 0 Å². The summed E-state index contributed by atoms with van der Waals surface area (Å²) in [6.07, 6.45) is 13.9. The first-order valence-corrected chi connectivity index (χ1v) is 7.81. The molecule has 0 aromatic heterocycles. The van der Waals surface area contributed by atoms with E-state index in [9.17, 15) is 4.79 Å². The number of rotatable bonds is 3. The van der Waals surface area contributed by atoms with Crippen LogP contribution in [0.15, 0.2) is 0 Å². The lowest BCUT2D eigenvalue weighted by molar-refractivity contribution is -0.119. The van der Waals surface area contributed by atoms with E-state index in [2.05, 4.69) is 4.90 Å². The van der Waals surface area contributed by atoms with Crippen molar-refractivity contribution in [3.63, 3.8) is 0 Å². The Balaban J connectivity index is 0.00000180. The number of primary amides is 1. The molecule has 0 radical (unpaired) electrons. The van der Waals surface area contributed by atoms with Crippen molar-refractivity contribution in [3.8, 4) is 0 Å². The molecule has 2 rings (SSSR count). The van der Waals surface area contributed by atoms with Gasteiger partial charge in [-0.3, -0.25) is 9.69 Å². The molecule has 1 heterocycles. The van der Waals surface area contributed by atoms with Crippen molar-refractivity contribution in [2.24, 2.45) is 5.73 Å². The Labute approximate surface area is 126 Å². The number of nitrogens with two attached hydrogens (primary N) is 1. The lowest BCUT2D eigenvalue weighted by Crippen LogP contribution is -2.48. The average molecular weight is 284 g/mol. The minimum atomic E-state index is -0.127. The third-order valence-electron chi connectivity index (χ3n) is 4.65. The topological polar surface area (TPSA) is 46.3 Å². The van der Waals surface area contributed by atoms with E-state index in [0.717, 1.165) is 6.04 Å². The molecule has 1 unspecified atom stereocenters. The van der Waals surface area contributed by atoms with Gasteiger partial charge < -0.3 is 5.73 Å². The van der Waals surface area contributed by atoms with Crippen LogP contribution >= 0.6 is 0 Å². The van der Waals surface area contributed by atoms with Gasteiger partial charge in [0.05, 0.1) is 0 Å². The van der Waals surface area contributed by atoms with E-state index in [1.165, 1.54) is 70.8 Å². The van der Waals surface area contributed by atoms with Crippen LogP contribution in [-0.2, 0) is 4.79 Å². The summed E-state index contributed by atoms with van der Waals surface area (Å²) in [5.41, 5.74) is 5.41. The highest BCUT2D eigenvalue weighted by atomic mass is 16.1. The minimum Gasteiger partial charge on any atom is -0.370 e. The number of carbonyl (C=O) groups excluding carboxylic acids is 1. The maximum atomic E-state index is 11.2. The highest BCUT2D eigenvalue weighted by molar-refractivity contribution is 5.74. The van der Waals surface area contributed by atoms with E-state index in [1.54, 1.807) is 0 Å². The molecule has 1 aliphatic heterocycles. The van der Waals surface area contributed by atoms with Crippen LogP contribution in [0.2, 0.25) is 0 Å². The highest BCUT2D eigenvalue weighted by Gasteiger charge is 2.29. The second kappa shape index (κ2) is 10.2. The number of hydrogen-bond donors (Lipinski definition) is 1. The zero-order valence-electron chi connectivity index (χ0n) is 11.6. The van der Waals surface area contributed by atoms with Crippen molar-refractivity contribution < 1.29 is 4.79 Å². The Morgan fingerprint density at radius 1 is 0.900 bits per heavy atom. The number of piperidine rings is 1. The highest BCUT2D eigenvalue weighted by Crippen LogP contribution is 2.28. The average Bonchev–Trinajstić information content (AvgIpc) is 2.29. The first-order valence-electron chi connectivity index (χ1n) is 7.81. The molecule has 2 fully saturated rings. The van der Waals surface area contributed by atoms with Crippen LogP contribution in [0.3, 0.4) is 0 Å². The summed E-state index contributed by atoms with van der Waals surface area (Å²) in [6.45, 7) is 1.18. The largest absolute Gasteiger partial charge is 0.370 e. The Hall–Kier alpha value is -0.570. The second-order valence-electron chi connectivity index (χ2n) is 6.06. The van der Waals surface area contributed by atoms with E-state index in [0.29, 0.717) is 12.5 Å². The van der Waals surface area contributed by atoms with Gasteiger partial charge in [-0.05, 0) is 32.2 Å². The van der Waals surface area contributed by atoms with Gasteiger partial charge in [0.25, 0.3) is 0 Å². The predicted octanol–water partition coefficient (Wildman–Crippen LogP) is 4.10. The number of amides is 1. The van der Waals surface area contributed by atoms with Crippen molar-refractivity contribution >= 4 is 5.91 Å². The Kier molecular flexibility index (Phi) is 9.91. The molecule has 3 heteroatoms. The standard InChI is InChI=1S/C15H28N2O.2CH4/c16-15(18)12-14-10-6-7-11-17(14)13-8-4-2-1-3-5-9-13;;/h13-14H,1-12H2,(H2,16,18);2*1H4. The summed E-state index contributed by atoms with van der Waals surface area (Å²) in [5, 5.41) is 0. The van der Waals surface area contributed by atoms with E-state index < -0.39 is 0 Å². The normalized spacial score (nSPS) is 25.7. The summed E-state index contributed by atoms with van der Waals surface area (Å²) in [5.74, 6) is -0.127. The molecule has 1 atom stereocenters. The molecule has 1 saturated heterocycles. The van der Waals surface area contributed by atoms with Crippen molar-refractivity contribution in [3.05, 3.63) is 0 Å². The summed E-state index contributed by atoms with van der Waals surface area (Å²) >= 11 is 0. The van der Waals surface area contributed by atoms with E-state index >= 15 is 0 Å². The van der Waals surface area contributed by atoms with Gasteiger partial charge in [0.2, 0.25) is 5.91 Å². The Morgan fingerprint density at radius 2 is 1.45 bits per heavy atom. The fourth-order valence-electron chi connectivity index (χ4n) is 3.72. The van der Waals surface area contributed by atoms with Crippen LogP contribution in [0.4, 0.5) is 0 Å². The molecule has 20 heavy (non-hydrogen) atoms. The molecule has 0 aromatic rings. The molecule has 2 aliphatic rings. The summed E-state index contributed by atoms with van der Waals surface area (Å²) in [6, 6.07) is 1.15. The molecular formula is C17H36N2O. The van der Waals surface area contributed by atoms with Crippen LogP contribution in [0.5, 0.6) is 0 Å². The Bertz CT molecular complexity index is 260. The maximum absolute atomic E-state index is 11.2. The zero-order valence-corrected chi connectivity index (χ0v) is 11.6. The lowest BCUT2D eigenvalue weighted by atomic mass is 9.90. The summed E-state index contributed by atoms with van der Waals surface area (Å²) in [4.78, 5) is 13.8. The molecule has 1 aliphatic carbocycles. The van der Waals surface area contributed by atoms with E-state index in [4.69, 9.17) is 5.73 Å². The van der Waals surface area contributed by atoms with Crippen molar-refractivity contribution in [1.82, 2.24) is 4.90 Å². The van der Waals surface area contributed by atoms with Gasteiger partial charge >= 0.3 is 0 Å². The van der Waals surface area contributed by atoms with Gasteiger partial charge in [0, 0.05) is 18.5 Å². The van der Waals surface area contributed by atoms with Gasteiger partial charge in [0.15, 0.2) is 0 Å². The minimum absolute atomic E-state index is 0. The summed E-state index contributed by atoms with van der Waals surface area (Å²) < 4.78 is 0. The molecule has 1 amide bonds. The third kappa shape index (κ3) is 5.82. The van der Waals surface area contributed by atoms with Crippen molar-refractivity contribution in [1.29, 1.82) is 0 Å². The maximum Gasteiger partial charge on any atom is 0.218 e. The fraction of sp³-hybridized carbons (Fsp3) is 0.941. The summed E-state index contributed by atoms with van der Waals surface area (Å²) in [7, 11) is 0. The van der Waals surface area contributed by atoms with Crippen LogP contribution in [0.1, 0.15) is 85.5 Å².